The molecular weight excluding hydrogens is 442 g/mol. The van der Waals surface area contributed by atoms with Gasteiger partial charge in [-0.15, -0.1) is 0 Å². The van der Waals surface area contributed by atoms with E-state index in [1.54, 1.807) is 6.20 Å². The largest absolute Gasteiger partial charge is 0.382 e. The topological polar surface area (TPSA) is 108 Å². The maximum Gasteiger partial charge on any atom is 0.176 e. The summed E-state index contributed by atoms with van der Waals surface area (Å²) < 4.78 is 5.49. The lowest BCUT2D eigenvalue weighted by molar-refractivity contribution is 0.111. The van der Waals surface area contributed by atoms with Crippen LogP contribution in [0.4, 0.5) is 17.2 Å². The number of aromatic nitrogens is 2. The number of aliphatic imine (C=N–C) groups is 2. The fourth-order valence-corrected chi connectivity index (χ4v) is 4.26. The lowest BCUT2D eigenvalue weighted by atomic mass is 10.2. The van der Waals surface area contributed by atoms with E-state index < -0.39 is 0 Å². The zero-order valence-electron chi connectivity index (χ0n) is 20.0. The average molecular weight is 474 g/mol. The smallest absolute Gasteiger partial charge is 0.176 e. The zero-order valence-corrected chi connectivity index (χ0v) is 20.0. The highest BCUT2D eigenvalue weighted by molar-refractivity contribution is 6.46. The third-order valence-electron chi connectivity index (χ3n) is 6.10. The van der Waals surface area contributed by atoms with Crippen molar-refractivity contribution in [3.05, 3.63) is 60.8 Å². The Hall–Kier alpha value is -3.76. The normalized spacial score (nSPS) is 18.0. The van der Waals surface area contributed by atoms with Crippen molar-refractivity contribution in [1.29, 1.82) is 0 Å². The summed E-state index contributed by atoms with van der Waals surface area (Å²) in [5.74, 6) is 1.78. The highest BCUT2D eigenvalue weighted by Gasteiger charge is 2.24. The average Bonchev–Trinajstić information content (AvgIpc) is 2.90. The van der Waals surface area contributed by atoms with Crippen LogP contribution < -0.4 is 16.0 Å². The van der Waals surface area contributed by atoms with E-state index >= 15 is 0 Å². The molecule has 1 saturated heterocycles. The number of hydrogen-bond donors (Lipinski definition) is 2. The van der Waals surface area contributed by atoms with Crippen LogP contribution in [0.2, 0.25) is 0 Å². The third-order valence-corrected chi connectivity index (χ3v) is 6.10. The molecule has 3 aliphatic rings. The number of nitrogens with one attached hydrogen (secondary N) is 1. The Balaban J connectivity index is 1.27. The van der Waals surface area contributed by atoms with E-state index in [4.69, 9.17) is 15.5 Å². The summed E-state index contributed by atoms with van der Waals surface area (Å²) in [6.07, 6.45) is 9.04. The molecule has 10 nitrogen and oxygen atoms in total. The molecular formula is C25H31N9O. The molecule has 3 N–H and O–H groups in total. The lowest BCUT2D eigenvalue weighted by Gasteiger charge is -2.36. The van der Waals surface area contributed by atoms with E-state index in [0.29, 0.717) is 29.6 Å². The van der Waals surface area contributed by atoms with Gasteiger partial charge in [0.2, 0.25) is 0 Å². The molecule has 5 rings (SSSR count). The Labute approximate surface area is 205 Å². The molecule has 2 aromatic rings. The number of nitrogens with zero attached hydrogens (tertiary/aromatic N) is 7. The van der Waals surface area contributed by atoms with E-state index in [0.717, 1.165) is 57.5 Å². The van der Waals surface area contributed by atoms with Crippen LogP contribution in [-0.2, 0) is 4.74 Å². The molecule has 3 aliphatic heterocycles. The number of nitrogen functional groups attached to an aromatic ring is 1. The second-order valence-corrected chi connectivity index (χ2v) is 8.46. The number of hydrogen-bond acceptors (Lipinski definition) is 10. The molecule has 0 amide bonds. The first kappa shape index (κ1) is 23.0. The monoisotopic (exact) mass is 473 g/mol. The van der Waals surface area contributed by atoms with Crippen LogP contribution in [-0.4, -0.2) is 83.9 Å². The van der Waals surface area contributed by atoms with E-state index in [1.807, 2.05) is 30.3 Å². The van der Waals surface area contributed by atoms with Gasteiger partial charge in [0.25, 0.3) is 0 Å². The molecule has 1 fully saturated rings. The molecule has 35 heavy (non-hydrogen) atoms. The standard InChI is InChI=1S/C25H31N9O/c1-2-35-15-14-32-10-12-33(13-11-32)20-6-4-19(5-7-20)29-24-25-28-8-3-9-34(25)18-22(31-24)21-16-27-17-23(26)30-21/h3-7,9,16-18H,2,8,10-15H2,1H3,(H2,26,30)(H,29,31). The molecule has 182 valence electrons. The molecule has 0 unspecified atom stereocenters. The van der Waals surface area contributed by atoms with Gasteiger partial charge < -0.3 is 25.6 Å². The van der Waals surface area contributed by atoms with Crippen LogP contribution in [0.15, 0.2) is 65.1 Å². The quantitative estimate of drug-likeness (QED) is 0.590. The Bertz CT molecular complexity index is 1150. The second kappa shape index (κ2) is 10.7. The highest BCUT2D eigenvalue weighted by atomic mass is 16.5. The van der Waals surface area contributed by atoms with Crippen LogP contribution in [0.3, 0.4) is 0 Å². The predicted octanol–water partition coefficient (Wildman–Crippen LogP) is 2.27. The van der Waals surface area contributed by atoms with Crippen molar-refractivity contribution < 1.29 is 4.74 Å². The van der Waals surface area contributed by atoms with Crippen molar-refractivity contribution in [2.24, 2.45) is 9.98 Å². The van der Waals surface area contributed by atoms with E-state index in [1.165, 1.54) is 11.9 Å². The van der Waals surface area contributed by atoms with E-state index in [9.17, 15) is 0 Å². The summed E-state index contributed by atoms with van der Waals surface area (Å²) in [6, 6.07) is 8.48. The number of benzene rings is 1. The molecule has 1 aromatic heterocycles. The van der Waals surface area contributed by atoms with Gasteiger partial charge in [-0.05, 0) is 37.3 Å². The summed E-state index contributed by atoms with van der Waals surface area (Å²) in [7, 11) is 0. The fraction of sp³-hybridized carbons (Fsp3) is 0.360. The van der Waals surface area contributed by atoms with Crippen LogP contribution in [0, 0.1) is 0 Å². The number of fused-ring (bicyclic) bond motifs is 1. The SMILES string of the molecule is CCOCCN1CCN(c2ccc(NC3=NC(c4cncc(N)n4)=CN4C=CCN=C34)cc2)CC1. The molecule has 4 heterocycles. The predicted molar refractivity (Wildman–Crippen MR) is 140 cm³/mol. The summed E-state index contributed by atoms with van der Waals surface area (Å²) in [5, 5.41) is 3.44. The minimum absolute atomic E-state index is 0.354. The fourth-order valence-electron chi connectivity index (χ4n) is 4.26. The number of anilines is 3. The number of rotatable bonds is 7. The molecule has 10 heteroatoms. The van der Waals surface area contributed by atoms with E-state index in [-0.39, 0.29) is 0 Å². The third kappa shape index (κ3) is 5.50. The Morgan fingerprint density at radius 2 is 1.91 bits per heavy atom. The van der Waals surface area contributed by atoms with Gasteiger partial charge in [0, 0.05) is 63.1 Å². The minimum Gasteiger partial charge on any atom is -0.382 e. The number of piperazine rings is 1. The molecule has 0 atom stereocenters. The van der Waals surface area contributed by atoms with Crippen LogP contribution in [0.25, 0.3) is 5.70 Å². The Kier molecular flexibility index (Phi) is 7.01. The summed E-state index contributed by atoms with van der Waals surface area (Å²) >= 11 is 0. The molecule has 1 aromatic carbocycles. The first-order valence-corrected chi connectivity index (χ1v) is 12.0. The highest BCUT2D eigenvalue weighted by Crippen LogP contribution is 2.24. The molecule has 0 radical (unpaired) electrons. The van der Waals surface area contributed by atoms with Gasteiger partial charge in [0.1, 0.15) is 17.2 Å². The van der Waals surface area contributed by atoms with Gasteiger partial charge in [-0.25, -0.2) is 9.98 Å². The van der Waals surface area contributed by atoms with Gasteiger partial charge in [-0.2, -0.15) is 0 Å². The second-order valence-electron chi connectivity index (χ2n) is 8.46. The number of ether oxygens (including phenoxy) is 1. The van der Waals surface area contributed by atoms with Crippen LogP contribution >= 0.6 is 0 Å². The first-order chi connectivity index (χ1) is 17.2. The van der Waals surface area contributed by atoms with Crippen LogP contribution in [0.1, 0.15) is 12.6 Å². The summed E-state index contributed by atoms with van der Waals surface area (Å²) in [4.78, 5) is 24.8. The van der Waals surface area contributed by atoms with Crippen LogP contribution in [0.5, 0.6) is 0 Å². The zero-order chi connectivity index (χ0) is 24.0. The maximum absolute atomic E-state index is 5.84. The maximum atomic E-state index is 5.84. The van der Waals surface area contributed by atoms with Gasteiger partial charge in [0.05, 0.1) is 25.5 Å². The molecule has 0 bridgehead atoms. The Morgan fingerprint density at radius 1 is 1.09 bits per heavy atom. The summed E-state index contributed by atoms with van der Waals surface area (Å²) in [5.41, 5.74) is 9.28. The number of nitrogens with two attached hydrogens (primary N) is 1. The Morgan fingerprint density at radius 3 is 2.69 bits per heavy atom. The van der Waals surface area contributed by atoms with Crippen molar-refractivity contribution in [1.82, 2.24) is 19.8 Å². The number of amidine groups is 2. The minimum atomic E-state index is 0.354. The first-order valence-electron chi connectivity index (χ1n) is 12.0. The van der Waals surface area contributed by atoms with Crippen molar-refractivity contribution in [3.8, 4) is 0 Å². The van der Waals surface area contributed by atoms with Crippen molar-refractivity contribution >= 4 is 34.6 Å². The lowest BCUT2D eigenvalue weighted by Crippen LogP contribution is -2.47. The van der Waals surface area contributed by atoms with Crippen molar-refractivity contribution in [3.63, 3.8) is 0 Å². The van der Waals surface area contributed by atoms with Crippen molar-refractivity contribution in [2.45, 2.75) is 6.92 Å². The van der Waals surface area contributed by atoms with Gasteiger partial charge in [-0.1, -0.05) is 0 Å². The van der Waals surface area contributed by atoms with Gasteiger partial charge in [-0.3, -0.25) is 14.9 Å². The summed E-state index contributed by atoms with van der Waals surface area (Å²) in [6.45, 7) is 9.37. The molecule has 0 aliphatic carbocycles. The molecule has 0 saturated carbocycles. The van der Waals surface area contributed by atoms with Gasteiger partial charge >= 0.3 is 0 Å². The van der Waals surface area contributed by atoms with E-state index in [2.05, 4.69) is 54.3 Å². The van der Waals surface area contributed by atoms with Crippen molar-refractivity contribution in [2.75, 3.05) is 68.4 Å². The van der Waals surface area contributed by atoms with Gasteiger partial charge in [0.15, 0.2) is 11.7 Å². The molecule has 0 spiro atoms.